The van der Waals surface area contributed by atoms with E-state index in [0.29, 0.717) is 18.6 Å². The summed E-state index contributed by atoms with van der Waals surface area (Å²) >= 11 is 0. The number of benzene rings is 2. The van der Waals surface area contributed by atoms with Crippen LogP contribution in [0.4, 0.5) is 13.2 Å². The summed E-state index contributed by atoms with van der Waals surface area (Å²) in [5.41, 5.74) is 21.0. The van der Waals surface area contributed by atoms with Gasteiger partial charge in [0.2, 0.25) is 0 Å². The van der Waals surface area contributed by atoms with Crippen LogP contribution in [0.3, 0.4) is 0 Å². The summed E-state index contributed by atoms with van der Waals surface area (Å²) < 4.78 is 42.9. The quantitative estimate of drug-likeness (QED) is 0.0657. The van der Waals surface area contributed by atoms with Crippen molar-refractivity contribution in [3.63, 3.8) is 0 Å². The molecule has 0 aliphatic heterocycles. The maximum absolute atomic E-state index is 12.5. The van der Waals surface area contributed by atoms with Gasteiger partial charge >= 0.3 is 12.1 Å². The van der Waals surface area contributed by atoms with Gasteiger partial charge in [-0.3, -0.25) is 9.56 Å². The zero-order valence-corrected chi connectivity index (χ0v) is 30.2. The first kappa shape index (κ1) is 40.1. The number of alkyl halides is 3. The first-order valence-electron chi connectivity index (χ1n) is 16.9. The van der Waals surface area contributed by atoms with Crippen molar-refractivity contribution in [3.05, 3.63) is 87.6 Å². The van der Waals surface area contributed by atoms with Gasteiger partial charge in [-0.15, -0.1) is 13.2 Å². The fraction of sp³-hybridized carbons (Fsp3) is 0.486. The smallest absolute Gasteiger partial charge is 0.406 e. The van der Waals surface area contributed by atoms with E-state index >= 15 is 0 Å². The number of halogens is 3. The molecule has 2 aromatic carbocycles. The third kappa shape index (κ3) is 13.2. The van der Waals surface area contributed by atoms with Gasteiger partial charge in [-0.1, -0.05) is 59.7 Å². The fourth-order valence-corrected chi connectivity index (χ4v) is 5.06. The van der Waals surface area contributed by atoms with E-state index in [0.717, 1.165) is 65.8 Å². The number of guanidine groups is 1. The van der Waals surface area contributed by atoms with Gasteiger partial charge in [0.1, 0.15) is 11.4 Å². The van der Waals surface area contributed by atoms with Crippen molar-refractivity contribution in [2.75, 3.05) is 13.1 Å². The van der Waals surface area contributed by atoms with Gasteiger partial charge in [-0.2, -0.15) is 4.98 Å². The van der Waals surface area contributed by atoms with Gasteiger partial charge < -0.3 is 32.2 Å². The molecule has 0 radical (unpaired) electrons. The van der Waals surface area contributed by atoms with Crippen LogP contribution < -0.4 is 32.9 Å². The fourth-order valence-electron chi connectivity index (χ4n) is 5.06. The molecule has 0 saturated heterocycles. The van der Waals surface area contributed by atoms with Gasteiger partial charge in [0, 0.05) is 41.8 Å². The van der Waals surface area contributed by atoms with E-state index in [4.69, 9.17) is 17.2 Å². The maximum Gasteiger partial charge on any atom is 0.573 e. The normalized spacial score (nSPS) is 12.7. The van der Waals surface area contributed by atoms with Crippen molar-refractivity contribution in [3.8, 4) is 11.4 Å². The molecule has 2 heterocycles. The number of aromatic nitrogens is 3. The van der Waals surface area contributed by atoms with Crippen molar-refractivity contribution < 1.29 is 17.9 Å². The minimum absolute atomic E-state index is 0.0352. The molecule has 0 aliphatic carbocycles. The number of fused-ring (bicyclic) bond motifs is 1. The van der Waals surface area contributed by atoms with Crippen LogP contribution in [0, 0.1) is 0 Å². The van der Waals surface area contributed by atoms with E-state index in [1.54, 1.807) is 4.57 Å². The van der Waals surface area contributed by atoms with Crippen LogP contribution in [0.15, 0.2) is 64.5 Å². The average Bonchev–Trinajstić information content (AvgIpc) is 3.41. The lowest BCUT2D eigenvalue weighted by Crippen LogP contribution is -2.23. The number of ether oxygens (including phenoxy) is 1. The first-order chi connectivity index (χ1) is 23.2. The average molecular weight is 699 g/mol. The highest BCUT2D eigenvalue weighted by molar-refractivity contribution is 5.76. The van der Waals surface area contributed by atoms with Gasteiger partial charge in [0.15, 0.2) is 5.96 Å². The Morgan fingerprint density at radius 3 is 2.24 bits per heavy atom. The summed E-state index contributed by atoms with van der Waals surface area (Å²) in [4.78, 5) is 23.9. The Bertz CT molecular complexity index is 1760. The van der Waals surface area contributed by atoms with Gasteiger partial charge in [-0.05, 0) is 91.6 Å². The molecule has 2 aromatic heterocycles. The van der Waals surface area contributed by atoms with Gasteiger partial charge in [0.05, 0.1) is 5.69 Å². The molecule has 8 N–H and O–H groups in total. The molecular formula is C37H53F3N8O2. The molecule has 274 valence electrons. The van der Waals surface area contributed by atoms with Gasteiger partial charge in [0.25, 0.3) is 0 Å². The van der Waals surface area contributed by atoms with Crippen LogP contribution >= 0.6 is 0 Å². The van der Waals surface area contributed by atoms with Crippen molar-refractivity contribution in [1.82, 2.24) is 19.9 Å². The number of hydrogen-bond acceptors (Lipinski definition) is 6. The molecule has 0 saturated carbocycles. The zero-order valence-electron chi connectivity index (χ0n) is 30.2. The SMILES string of the molecule is CC(C)(C)c1cc2cn(-c3ccc(CNCCCN=C(N)N)cc3)c(=O)nc2[nH]1.C[C@H](N)CCCc1cc(OC(F)(F)F)cc(C(C)(C)C)c1. The number of rotatable bonds is 12. The molecule has 0 aliphatic rings. The third-order valence-corrected chi connectivity index (χ3v) is 7.86. The summed E-state index contributed by atoms with van der Waals surface area (Å²) in [6.45, 7) is 16.4. The molecule has 4 rings (SSSR count). The predicted molar refractivity (Wildman–Crippen MR) is 196 cm³/mol. The lowest BCUT2D eigenvalue weighted by atomic mass is 9.85. The number of nitrogens with two attached hydrogens (primary N) is 3. The van der Waals surface area contributed by atoms with Crippen LogP contribution in [0.2, 0.25) is 0 Å². The summed E-state index contributed by atoms with van der Waals surface area (Å²) in [5.74, 6) is -0.0245. The molecule has 0 unspecified atom stereocenters. The maximum atomic E-state index is 12.5. The molecule has 0 spiro atoms. The van der Waals surface area contributed by atoms with E-state index in [1.165, 1.54) is 12.1 Å². The molecule has 10 nitrogen and oxygen atoms in total. The number of aryl methyl sites for hydroxylation is 1. The topological polar surface area (TPSA) is 162 Å². The van der Waals surface area contributed by atoms with Crippen molar-refractivity contribution >= 4 is 17.0 Å². The van der Waals surface area contributed by atoms with Crippen molar-refractivity contribution in [2.45, 2.75) is 104 Å². The number of aliphatic imine (C=N–C) groups is 1. The Labute approximate surface area is 292 Å². The lowest BCUT2D eigenvalue weighted by molar-refractivity contribution is -0.274. The Kier molecular flexibility index (Phi) is 13.7. The Balaban J connectivity index is 0.000000286. The van der Waals surface area contributed by atoms with E-state index in [2.05, 4.69) is 51.9 Å². The minimum Gasteiger partial charge on any atom is -0.406 e. The summed E-state index contributed by atoms with van der Waals surface area (Å²) in [5, 5.41) is 4.27. The number of hydrogen-bond donors (Lipinski definition) is 5. The Morgan fingerprint density at radius 2 is 1.66 bits per heavy atom. The van der Waals surface area contributed by atoms with Gasteiger partial charge in [-0.25, -0.2) is 4.79 Å². The van der Waals surface area contributed by atoms with Crippen molar-refractivity contribution in [2.24, 2.45) is 22.2 Å². The number of nitrogens with zero attached hydrogens (tertiary/aromatic N) is 3. The Hall–Kier alpha value is -4.36. The molecule has 0 fully saturated rings. The molecule has 0 amide bonds. The number of nitrogens with one attached hydrogen (secondary N) is 2. The Morgan fingerprint density at radius 1 is 0.980 bits per heavy atom. The summed E-state index contributed by atoms with van der Waals surface area (Å²) in [6, 6.07) is 14.9. The first-order valence-corrected chi connectivity index (χ1v) is 16.9. The van der Waals surface area contributed by atoms with Crippen LogP contribution in [-0.4, -0.2) is 46.0 Å². The molecular weight excluding hydrogens is 645 g/mol. The highest BCUT2D eigenvalue weighted by atomic mass is 19.4. The molecule has 13 heteroatoms. The van der Waals surface area contributed by atoms with Crippen LogP contribution in [0.25, 0.3) is 16.7 Å². The van der Waals surface area contributed by atoms with E-state index in [-0.39, 0.29) is 34.3 Å². The highest BCUT2D eigenvalue weighted by Crippen LogP contribution is 2.31. The van der Waals surface area contributed by atoms with Crippen molar-refractivity contribution in [1.29, 1.82) is 0 Å². The second-order valence-electron chi connectivity index (χ2n) is 14.7. The standard InChI is InChI=1S/C21H29N7O.C16H24F3NO/c1-21(2,3)17-11-15-13-28(20(29)27-18(15)26-17)16-7-5-14(6-8-16)12-24-9-4-10-25-19(22)23;1-11(20)6-5-7-12-8-13(15(2,3)4)10-14(9-12)21-16(17,18)19/h5-8,11,13,24H,4,9-10,12H2,1-3H3,(H4,22,23,25)(H,26,27,29);8-11H,5-7,20H2,1-4H3/t;11-/m.0/s1. The van der Waals surface area contributed by atoms with Crippen LogP contribution in [0.1, 0.15) is 90.1 Å². The summed E-state index contributed by atoms with van der Waals surface area (Å²) in [7, 11) is 0. The largest absolute Gasteiger partial charge is 0.573 e. The summed E-state index contributed by atoms with van der Waals surface area (Å²) in [6.07, 6.45) is 0.419. The molecule has 0 bridgehead atoms. The highest BCUT2D eigenvalue weighted by Gasteiger charge is 2.31. The van der Waals surface area contributed by atoms with Crippen LogP contribution in [0.5, 0.6) is 5.75 Å². The molecule has 50 heavy (non-hydrogen) atoms. The van der Waals surface area contributed by atoms with Crippen LogP contribution in [-0.2, 0) is 23.8 Å². The monoisotopic (exact) mass is 698 g/mol. The van der Waals surface area contributed by atoms with E-state index < -0.39 is 6.36 Å². The number of H-pyrrole nitrogens is 1. The molecule has 4 aromatic rings. The minimum atomic E-state index is -4.67. The zero-order chi connectivity index (χ0) is 37.3. The second kappa shape index (κ2) is 17.0. The predicted octanol–water partition coefficient (Wildman–Crippen LogP) is 6.32. The van der Waals surface area contributed by atoms with E-state index in [9.17, 15) is 18.0 Å². The molecule has 1 atom stereocenters. The second-order valence-corrected chi connectivity index (χ2v) is 14.7. The van der Waals surface area contributed by atoms with E-state index in [1.807, 2.05) is 64.2 Å². The third-order valence-electron chi connectivity index (χ3n) is 7.86. The lowest BCUT2D eigenvalue weighted by Gasteiger charge is -2.22. The number of aromatic amines is 1.